The average Bonchev–Trinajstić information content (AvgIpc) is 2.57. The first-order chi connectivity index (χ1) is 8.81. The van der Waals surface area contributed by atoms with Gasteiger partial charge in [-0.1, -0.05) is 0 Å². The van der Waals surface area contributed by atoms with Crippen molar-refractivity contribution in [2.75, 3.05) is 26.2 Å². The van der Waals surface area contributed by atoms with Crippen molar-refractivity contribution in [2.24, 2.45) is 0 Å². The van der Waals surface area contributed by atoms with Crippen LogP contribution in [0.3, 0.4) is 0 Å². The monoisotopic (exact) mass is 246 g/mol. The molecule has 0 atom stereocenters. The summed E-state index contributed by atoms with van der Waals surface area (Å²) in [6, 6.07) is 3.89. The van der Waals surface area contributed by atoms with E-state index in [1.165, 1.54) is 6.42 Å². The number of nitrogens with zero attached hydrogens (tertiary/aromatic N) is 3. The molecule has 0 amide bonds. The Hall–Kier alpha value is -1.46. The number of hydrogen-bond acceptors (Lipinski definition) is 5. The second kappa shape index (κ2) is 5.04. The van der Waals surface area contributed by atoms with Gasteiger partial charge < -0.3 is 9.73 Å². The number of rotatable bonds is 2. The highest BCUT2D eigenvalue weighted by atomic mass is 16.3. The molecule has 2 aromatic heterocycles. The molecule has 5 nitrogen and oxygen atoms in total. The Labute approximate surface area is 106 Å². The number of aromatic nitrogens is 2. The second-order valence-corrected chi connectivity index (χ2v) is 4.76. The highest BCUT2D eigenvalue weighted by Gasteiger charge is 2.13. The Morgan fingerprint density at radius 2 is 2.22 bits per heavy atom. The number of pyridine rings is 1. The van der Waals surface area contributed by atoms with Crippen LogP contribution in [0.1, 0.15) is 18.0 Å². The van der Waals surface area contributed by atoms with Gasteiger partial charge in [-0.2, -0.15) is 4.98 Å². The SMILES string of the molecule is Cc1ccc2oc(CN3CCCNCC3)nc2n1. The van der Waals surface area contributed by atoms with Gasteiger partial charge in [0.25, 0.3) is 0 Å². The van der Waals surface area contributed by atoms with Crippen molar-refractivity contribution in [2.45, 2.75) is 19.9 Å². The molecular formula is C13H18N4O. The van der Waals surface area contributed by atoms with Crippen molar-refractivity contribution in [3.05, 3.63) is 23.7 Å². The zero-order valence-corrected chi connectivity index (χ0v) is 10.6. The number of oxazole rings is 1. The average molecular weight is 246 g/mol. The molecule has 1 fully saturated rings. The summed E-state index contributed by atoms with van der Waals surface area (Å²) in [7, 11) is 0. The van der Waals surface area contributed by atoms with Crippen LogP contribution in [0.5, 0.6) is 0 Å². The number of fused-ring (bicyclic) bond motifs is 1. The fourth-order valence-corrected chi connectivity index (χ4v) is 2.28. The van der Waals surface area contributed by atoms with Gasteiger partial charge in [-0.05, 0) is 38.6 Å². The fourth-order valence-electron chi connectivity index (χ4n) is 2.28. The van der Waals surface area contributed by atoms with E-state index in [1.54, 1.807) is 0 Å². The van der Waals surface area contributed by atoms with Crippen molar-refractivity contribution in [1.29, 1.82) is 0 Å². The summed E-state index contributed by atoms with van der Waals surface area (Å²) in [5.74, 6) is 0.769. The standard InChI is InChI=1S/C13H18N4O/c1-10-3-4-11-13(15-10)16-12(18-11)9-17-7-2-5-14-6-8-17/h3-4,14H,2,5-9H2,1H3. The van der Waals surface area contributed by atoms with Gasteiger partial charge in [-0.25, -0.2) is 4.98 Å². The predicted molar refractivity (Wildman–Crippen MR) is 69.3 cm³/mol. The molecule has 2 aromatic rings. The first kappa shape index (κ1) is 11.6. The third-order valence-electron chi connectivity index (χ3n) is 3.23. The quantitative estimate of drug-likeness (QED) is 0.866. The Balaban J connectivity index is 1.77. The zero-order chi connectivity index (χ0) is 12.4. The molecule has 5 heteroatoms. The molecule has 0 aromatic carbocycles. The molecule has 0 aliphatic carbocycles. The third-order valence-corrected chi connectivity index (χ3v) is 3.23. The molecule has 0 saturated carbocycles. The van der Waals surface area contributed by atoms with Crippen LogP contribution in [-0.2, 0) is 6.54 Å². The van der Waals surface area contributed by atoms with Crippen LogP contribution >= 0.6 is 0 Å². The van der Waals surface area contributed by atoms with Crippen molar-refractivity contribution in [3.8, 4) is 0 Å². The van der Waals surface area contributed by atoms with Crippen LogP contribution in [0.15, 0.2) is 16.5 Å². The maximum absolute atomic E-state index is 5.73. The topological polar surface area (TPSA) is 54.2 Å². The number of nitrogens with one attached hydrogen (secondary N) is 1. The van der Waals surface area contributed by atoms with Crippen molar-refractivity contribution < 1.29 is 4.42 Å². The third kappa shape index (κ3) is 2.52. The Bertz CT molecular complexity index is 529. The highest BCUT2D eigenvalue weighted by Crippen LogP contribution is 2.15. The van der Waals surface area contributed by atoms with Crippen LogP contribution in [0.25, 0.3) is 11.2 Å². The van der Waals surface area contributed by atoms with E-state index in [1.807, 2.05) is 19.1 Å². The molecule has 0 unspecified atom stereocenters. The van der Waals surface area contributed by atoms with Crippen molar-refractivity contribution in [1.82, 2.24) is 20.2 Å². The van der Waals surface area contributed by atoms with Crippen molar-refractivity contribution >= 4 is 11.2 Å². The minimum absolute atomic E-state index is 0.720. The number of aryl methyl sites for hydroxylation is 1. The summed E-state index contributed by atoms with van der Waals surface area (Å²) in [4.78, 5) is 11.2. The van der Waals surface area contributed by atoms with Crippen LogP contribution < -0.4 is 5.32 Å². The Morgan fingerprint density at radius 3 is 3.17 bits per heavy atom. The minimum Gasteiger partial charge on any atom is -0.438 e. The van der Waals surface area contributed by atoms with Gasteiger partial charge in [-0.15, -0.1) is 0 Å². The van der Waals surface area contributed by atoms with E-state index in [0.717, 1.165) is 55.5 Å². The predicted octanol–water partition coefficient (Wildman–Crippen LogP) is 1.33. The smallest absolute Gasteiger partial charge is 0.211 e. The molecule has 1 aliphatic rings. The zero-order valence-electron chi connectivity index (χ0n) is 10.6. The molecule has 0 bridgehead atoms. The summed E-state index contributed by atoms with van der Waals surface area (Å²) in [6.07, 6.45) is 1.18. The lowest BCUT2D eigenvalue weighted by atomic mass is 10.4. The summed E-state index contributed by atoms with van der Waals surface area (Å²) in [5.41, 5.74) is 2.47. The lowest BCUT2D eigenvalue weighted by molar-refractivity contribution is 0.257. The van der Waals surface area contributed by atoms with Crippen LogP contribution in [0, 0.1) is 6.92 Å². The first-order valence-electron chi connectivity index (χ1n) is 6.47. The maximum atomic E-state index is 5.73. The van der Waals surface area contributed by atoms with Gasteiger partial charge in [0.1, 0.15) is 0 Å². The van der Waals surface area contributed by atoms with Crippen molar-refractivity contribution in [3.63, 3.8) is 0 Å². The molecule has 1 saturated heterocycles. The van der Waals surface area contributed by atoms with E-state index >= 15 is 0 Å². The molecule has 1 N–H and O–H groups in total. The lowest BCUT2D eigenvalue weighted by Crippen LogP contribution is -2.27. The summed E-state index contributed by atoms with van der Waals surface area (Å²) in [5, 5.41) is 3.39. The minimum atomic E-state index is 0.720. The van der Waals surface area contributed by atoms with Gasteiger partial charge in [0.05, 0.1) is 6.54 Å². The molecule has 0 radical (unpaired) electrons. The van der Waals surface area contributed by atoms with Gasteiger partial charge >= 0.3 is 0 Å². The number of hydrogen-bond donors (Lipinski definition) is 1. The second-order valence-electron chi connectivity index (χ2n) is 4.76. The Morgan fingerprint density at radius 1 is 1.28 bits per heavy atom. The molecule has 3 heterocycles. The van der Waals surface area contributed by atoms with E-state index in [-0.39, 0.29) is 0 Å². The van der Waals surface area contributed by atoms with Gasteiger partial charge in [0.2, 0.25) is 5.89 Å². The van der Waals surface area contributed by atoms with E-state index in [9.17, 15) is 0 Å². The summed E-state index contributed by atoms with van der Waals surface area (Å²) < 4.78 is 5.73. The van der Waals surface area contributed by atoms with Gasteiger partial charge in [0.15, 0.2) is 11.2 Å². The highest BCUT2D eigenvalue weighted by molar-refractivity contribution is 5.67. The molecule has 18 heavy (non-hydrogen) atoms. The lowest BCUT2D eigenvalue weighted by Gasteiger charge is -2.16. The fraction of sp³-hybridized carbons (Fsp3) is 0.538. The molecule has 0 spiro atoms. The summed E-state index contributed by atoms with van der Waals surface area (Å²) in [6.45, 7) is 7.02. The van der Waals surface area contributed by atoms with Gasteiger partial charge in [0, 0.05) is 18.8 Å². The van der Waals surface area contributed by atoms with Crippen LogP contribution in [0.4, 0.5) is 0 Å². The Kier molecular flexibility index (Phi) is 3.25. The normalized spacial score (nSPS) is 18.1. The molecular weight excluding hydrogens is 228 g/mol. The van der Waals surface area contributed by atoms with Crippen LogP contribution in [0.2, 0.25) is 0 Å². The maximum Gasteiger partial charge on any atom is 0.211 e. The van der Waals surface area contributed by atoms with E-state index in [2.05, 4.69) is 20.2 Å². The van der Waals surface area contributed by atoms with E-state index < -0.39 is 0 Å². The molecule has 3 rings (SSSR count). The van der Waals surface area contributed by atoms with E-state index in [4.69, 9.17) is 4.42 Å². The van der Waals surface area contributed by atoms with E-state index in [0.29, 0.717) is 0 Å². The molecule has 96 valence electrons. The first-order valence-corrected chi connectivity index (χ1v) is 6.47. The molecule has 1 aliphatic heterocycles. The summed E-state index contributed by atoms with van der Waals surface area (Å²) >= 11 is 0. The van der Waals surface area contributed by atoms with Gasteiger partial charge in [-0.3, -0.25) is 4.90 Å². The van der Waals surface area contributed by atoms with Crippen LogP contribution in [-0.4, -0.2) is 41.0 Å². The largest absolute Gasteiger partial charge is 0.438 e.